The van der Waals surface area contributed by atoms with Crippen molar-refractivity contribution in [3.63, 3.8) is 0 Å². The summed E-state index contributed by atoms with van der Waals surface area (Å²) in [5.74, 6) is -0.291. The summed E-state index contributed by atoms with van der Waals surface area (Å²) in [5.41, 5.74) is 8.22. The number of rotatable bonds is 20. The quantitative estimate of drug-likeness (QED) is 0.157. The van der Waals surface area contributed by atoms with Gasteiger partial charge in [0.15, 0.2) is 0 Å². The van der Waals surface area contributed by atoms with Crippen molar-refractivity contribution in [2.45, 2.75) is 122 Å². The van der Waals surface area contributed by atoms with E-state index in [0.717, 1.165) is 29.3 Å². The zero-order valence-corrected chi connectivity index (χ0v) is 21.1. The van der Waals surface area contributed by atoms with E-state index in [2.05, 4.69) is 18.0 Å². The van der Waals surface area contributed by atoms with Crippen LogP contribution in [0.15, 0.2) is 30.5 Å². The first-order chi connectivity index (χ1) is 16.2. The molecule has 2 rings (SSSR count). The lowest BCUT2D eigenvalue weighted by atomic mass is 10.0. The van der Waals surface area contributed by atoms with E-state index in [0.29, 0.717) is 13.0 Å². The first kappa shape index (κ1) is 27.4. The van der Waals surface area contributed by atoms with Gasteiger partial charge in [0.2, 0.25) is 0 Å². The Hall–Kier alpha value is -1.81. The van der Waals surface area contributed by atoms with E-state index in [-0.39, 0.29) is 5.97 Å². The van der Waals surface area contributed by atoms with E-state index in [1.165, 1.54) is 89.9 Å². The van der Waals surface area contributed by atoms with Crippen molar-refractivity contribution >= 4 is 16.9 Å². The van der Waals surface area contributed by atoms with Crippen molar-refractivity contribution in [1.82, 2.24) is 4.98 Å². The lowest BCUT2D eigenvalue weighted by Crippen LogP contribution is -2.34. The Labute approximate surface area is 202 Å². The highest BCUT2D eigenvalue weighted by Crippen LogP contribution is 2.19. The van der Waals surface area contributed by atoms with E-state index in [1.54, 1.807) is 0 Å². The van der Waals surface area contributed by atoms with Gasteiger partial charge in [0.05, 0.1) is 6.61 Å². The lowest BCUT2D eigenvalue weighted by molar-refractivity contribution is -0.145. The van der Waals surface area contributed by atoms with Crippen LogP contribution in [-0.2, 0) is 16.0 Å². The molecule has 0 amide bonds. The minimum absolute atomic E-state index is 0.291. The van der Waals surface area contributed by atoms with Crippen LogP contribution in [0.3, 0.4) is 0 Å². The third-order valence-corrected chi connectivity index (χ3v) is 6.66. The summed E-state index contributed by atoms with van der Waals surface area (Å²) in [6, 6.07) is 7.47. The van der Waals surface area contributed by atoms with Crippen LogP contribution in [0.2, 0.25) is 0 Å². The predicted molar refractivity (Wildman–Crippen MR) is 140 cm³/mol. The number of nitrogens with two attached hydrogens (primary N) is 1. The molecule has 0 fully saturated rings. The van der Waals surface area contributed by atoms with Gasteiger partial charge in [-0.3, -0.25) is 4.79 Å². The molecule has 1 atom stereocenters. The van der Waals surface area contributed by atoms with Gasteiger partial charge in [-0.15, -0.1) is 0 Å². The molecular weight excluding hydrogens is 408 g/mol. The molecule has 1 unspecified atom stereocenters. The normalized spacial score (nSPS) is 12.3. The maximum absolute atomic E-state index is 12.2. The van der Waals surface area contributed by atoms with E-state index in [9.17, 15) is 4.79 Å². The third-order valence-electron chi connectivity index (χ3n) is 6.66. The number of benzene rings is 1. The Bertz CT molecular complexity index is 755. The van der Waals surface area contributed by atoms with Crippen LogP contribution in [0, 0.1) is 0 Å². The van der Waals surface area contributed by atoms with Crippen molar-refractivity contribution in [2.24, 2.45) is 5.73 Å². The van der Waals surface area contributed by atoms with Gasteiger partial charge in [-0.25, -0.2) is 0 Å². The van der Waals surface area contributed by atoms with Crippen LogP contribution in [-0.4, -0.2) is 23.6 Å². The Balaban J connectivity index is 1.37. The van der Waals surface area contributed by atoms with Crippen molar-refractivity contribution in [3.05, 3.63) is 36.0 Å². The van der Waals surface area contributed by atoms with Crippen LogP contribution >= 0.6 is 0 Å². The van der Waals surface area contributed by atoms with Crippen molar-refractivity contribution in [3.8, 4) is 0 Å². The zero-order valence-electron chi connectivity index (χ0n) is 21.1. The Morgan fingerprint density at radius 2 is 1.33 bits per heavy atom. The third kappa shape index (κ3) is 11.7. The largest absolute Gasteiger partial charge is 0.465 e. The second-order valence-electron chi connectivity index (χ2n) is 9.64. The van der Waals surface area contributed by atoms with Crippen molar-refractivity contribution < 1.29 is 9.53 Å². The van der Waals surface area contributed by atoms with Gasteiger partial charge in [-0.2, -0.15) is 0 Å². The number of carbonyl (C=O) groups is 1. The van der Waals surface area contributed by atoms with Crippen molar-refractivity contribution in [1.29, 1.82) is 0 Å². The molecule has 0 bridgehead atoms. The molecular formula is C29H48N2O2. The summed E-state index contributed by atoms with van der Waals surface area (Å²) in [4.78, 5) is 15.4. The van der Waals surface area contributed by atoms with Gasteiger partial charge in [0.25, 0.3) is 0 Å². The molecule has 0 saturated heterocycles. The summed E-state index contributed by atoms with van der Waals surface area (Å²) in [7, 11) is 0. The van der Waals surface area contributed by atoms with Crippen LogP contribution in [0.1, 0.15) is 115 Å². The lowest BCUT2D eigenvalue weighted by Gasteiger charge is -2.11. The minimum atomic E-state index is -0.606. The number of aromatic nitrogens is 1. The number of hydrogen-bond donors (Lipinski definition) is 2. The fourth-order valence-electron chi connectivity index (χ4n) is 4.55. The summed E-state index contributed by atoms with van der Waals surface area (Å²) in [6.45, 7) is 2.77. The average Bonchev–Trinajstić information content (AvgIpc) is 3.23. The minimum Gasteiger partial charge on any atom is -0.465 e. The van der Waals surface area contributed by atoms with E-state index >= 15 is 0 Å². The molecule has 3 N–H and O–H groups in total. The van der Waals surface area contributed by atoms with Crippen LogP contribution in [0.25, 0.3) is 10.9 Å². The fourth-order valence-corrected chi connectivity index (χ4v) is 4.55. The molecule has 0 aliphatic carbocycles. The number of nitrogens with one attached hydrogen (secondary N) is 1. The molecule has 1 aromatic carbocycles. The van der Waals surface area contributed by atoms with Crippen LogP contribution in [0.5, 0.6) is 0 Å². The van der Waals surface area contributed by atoms with E-state index in [1.807, 2.05) is 24.4 Å². The molecule has 0 radical (unpaired) electrons. The molecule has 2 aromatic rings. The summed E-state index contributed by atoms with van der Waals surface area (Å²) in [5, 5.41) is 1.12. The first-order valence-corrected chi connectivity index (χ1v) is 13.7. The maximum Gasteiger partial charge on any atom is 0.323 e. The number of H-pyrrole nitrogens is 1. The number of fused-ring (bicyclic) bond motifs is 1. The van der Waals surface area contributed by atoms with Crippen molar-refractivity contribution in [2.75, 3.05) is 6.61 Å². The molecule has 0 spiro atoms. The summed E-state index contributed by atoms with van der Waals surface area (Å²) in [6.07, 6.45) is 23.9. The maximum atomic E-state index is 12.2. The summed E-state index contributed by atoms with van der Waals surface area (Å²) < 4.78 is 5.41. The average molecular weight is 457 g/mol. The number of para-hydroxylation sites is 1. The van der Waals surface area contributed by atoms with Crippen LogP contribution < -0.4 is 5.73 Å². The number of aromatic amines is 1. The van der Waals surface area contributed by atoms with Gasteiger partial charge in [0.1, 0.15) is 6.04 Å². The molecule has 0 aliphatic rings. The fraction of sp³-hybridized carbons (Fsp3) is 0.690. The number of hydrogen-bond acceptors (Lipinski definition) is 3. The molecule has 1 heterocycles. The van der Waals surface area contributed by atoms with Gasteiger partial charge in [-0.1, -0.05) is 121 Å². The number of unbranched alkanes of at least 4 members (excludes halogenated alkanes) is 15. The molecule has 4 nitrogen and oxygen atoms in total. The van der Waals surface area contributed by atoms with Gasteiger partial charge in [0, 0.05) is 23.5 Å². The second-order valence-corrected chi connectivity index (χ2v) is 9.64. The van der Waals surface area contributed by atoms with E-state index < -0.39 is 6.04 Å². The smallest absolute Gasteiger partial charge is 0.323 e. The monoisotopic (exact) mass is 456 g/mol. The topological polar surface area (TPSA) is 68.1 Å². The Kier molecular flexibility index (Phi) is 14.7. The first-order valence-electron chi connectivity index (χ1n) is 13.7. The molecule has 0 aliphatic heterocycles. The SMILES string of the molecule is CCCCCCCCCCCCCCCCCCOC(=O)C(N)Cc1c[nH]c2ccccc12. The second kappa shape index (κ2) is 17.6. The highest BCUT2D eigenvalue weighted by Gasteiger charge is 2.17. The zero-order chi connectivity index (χ0) is 23.6. The number of ether oxygens (including phenoxy) is 1. The molecule has 33 heavy (non-hydrogen) atoms. The van der Waals surface area contributed by atoms with Gasteiger partial charge < -0.3 is 15.5 Å². The highest BCUT2D eigenvalue weighted by atomic mass is 16.5. The number of carbonyl (C=O) groups excluding carboxylic acids is 1. The Morgan fingerprint density at radius 3 is 1.91 bits per heavy atom. The molecule has 186 valence electrons. The molecule has 1 aromatic heterocycles. The van der Waals surface area contributed by atoms with Gasteiger partial charge >= 0.3 is 5.97 Å². The molecule has 4 heteroatoms. The predicted octanol–water partition coefficient (Wildman–Crippen LogP) is 7.84. The number of esters is 1. The highest BCUT2D eigenvalue weighted by molar-refractivity contribution is 5.84. The summed E-state index contributed by atoms with van der Waals surface area (Å²) >= 11 is 0. The molecule has 0 saturated carbocycles. The standard InChI is InChI=1S/C29H48N2O2/c1-2-3-4-5-6-7-8-9-10-11-12-13-14-15-16-19-22-33-29(32)27(30)23-25-24-31-28-21-18-17-20-26(25)28/h17-18,20-21,24,27,31H,2-16,19,22-23,30H2,1H3. The van der Waals surface area contributed by atoms with Crippen LogP contribution in [0.4, 0.5) is 0 Å². The van der Waals surface area contributed by atoms with Gasteiger partial charge in [-0.05, 0) is 18.1 Å². The Morgan fingerprint density at radius 1 is 0.818 bits per heavy atom. The van der Waals surface area contributed by atoms with E-state index in [4.69, 9.17) is 10.5 Å².